The second kappa shape index (κ2) is 7.58. The normalized spacial score (nSPS) is 11.5. The third-order valence-electron chi connectivity index (χ3n) is 3.40. The van der Waals surface area contributed by atoms with E-state index in [-0.39, 0.29) is 22.1 Å². The van der Waals surface area contributed by atoms with E-state index in [1.54, 1.807) is 6.07 Å². The van der Waals surface area contributed by atoms with Crippen molar-refractivity contribution in [3.05, 3.63) is 58.1 Å². The molecular formula is C16H13ClN2O5S2. The fraction of sp³-hybridized carbons (Fsp3) is 0.125. The molecule has 136 valence electrons. The van der Waals surface area contributed by atoms with E-state index in [2.05, 4.69) is 9.88 Å². The van der Waals surface area contributed by atoms with Crippen molar-refractivity contribution in [1.29, 1.82) is 0 Å². The van der Waals surface area contributed by atoms with Crippen LogP contribution in [0.1, 0.15) is 16.1 Å². The molecule has 2 aromatic heterocycles. The molecule has 0 aliphatic rings. The van der Waals surface area contributed by atoms with Crippen LogP contribution in [0.5, 0.6) is 0 Å². The minimum atomic E-state index is -3.79. The van der Waals surface area contributed by atoms with Crippen LogP contribution in [0.3, 0.4) is 0 Å². The zero-order chi connectivity index (χ0) is 18.7. The van der Waals surface area contributed by atoms with E-state index in [1.807, 2.05) is 17.5 Å². The van der Waals surface area contributed by atoms with Gasteiger partial charge < -0.3 is 9.26 Å². The molecule has 0 radical (unpaired) electrons. The molecule has 3 rings (SSSR count). The van der Waals surface area contributed by atoms with E-state index >= 15 is 0 Å². The van der Waals surface area contributed by atoms with Crippen LogP contribution in [0, 0.1) is 0 Å². The molecule has 0 aliphatic carbocycles. The number of carbonyl (C=O) groups is 1. The molecule has 2 heterocycles. The summed E-state index contributed by atoms with van der Waals surface area (Å²) < 4.78 is 36.4. The molecule has 26 heavy (non-hydrogen) atoms. The first-order chi connectivity index (χ1) is 12.4. The summed E-state index contributed by atoms with van der Waals surface area (Å²) in [5, 5.41) is 5.77. The largest absolute Gasteiger partial charge is 0.455 e. The molecule has 0 fully saturated rings. The number of halogens is 1. The number of sulfonamides is 1. The summed E-state index contributed by atoms with van der Waals surface area (Å²) in [4.78, 5) is 12.9. The summed E-state index contributed by atoms with van der Waals surface area (Å²) in [5.74, 6) is -0.116. The molecule has 10 heteroatoms. The Hall–Kier alpha value is -2.20. The zero-order valence-electron chi connectivity index (χ0n) is 13.4. The van der Waals surface area contributed by atoms with Crippen molar-refractivity contribution in [2.24, 2.45) is 0 Å². The lowest BCUT2D eigenvalue weighted by atomic mass is 10.2. The molecule has 0 saturated heterocycles. The number of esters is 1. The molecule has 7 nitrogen and oxygen atoms in total. The topological polar surface area (TPSA) is 98.5 Å². The van der Waals surface area contributed by atoms with Crippen LogP contribution in [0.25, 0.3) is 10.6 Å². The number of hydrogen-bond acceptors (Lipinski definition) is 7. The Kier molecular flexibility index (Phi) is 5.42. The van der Waals surface area contributed by atoms with Crippen LogP contribution in [-0.4, -0.2) is 26.6 Å². The highest BCUT2D eigenvalue weighted by molar-refractivity contribution is 7.89. The van der Waals surface area contributed by atoms with Gasteiger partial charge in [0.1, 0.15) is 17.2 Å². The third-order valence-corrected chi connectivity index (χ3v) is 6.18. The Bertz CT molecular complexity index is 1030. The molecule has 0 atom stereocenters. The van der Waals surface area contributed by atoms with E-state index in [0.717, 1.165) is 10.9 Å². The van der Waals surface area contributed by atoms with Gasteiger partial charge in [-0.1, -0.05) is 22.8 Å². The average molecular weight is 413 g/mol. The first-order valence-electron chi connectivity index (χ1n) is 7.30. The van der Waals surface area contributed by atoms with Crippen molar-refractivity contribution in [2.75, 3.05) is 7.05 Å². The van der Waals surface area contributed by atoms with Crippen LogP contribution >= 0.6 is 22.9 Å². The highest BCUT2D eigenvalue weighted by atomic mass is 35.5. The molecule has 0 aliphatic heterocycles. The summed E-state index contributed by atoms with van der Waals surface area (Å²) in [6, 6.07) is 9.33. The minimum Gasteiger partial charge on any atom is -0.455 e. The Morgan fingerprint density at radius 2 is 2.15 bits per heavy atom. The van der Waals surface area contributed by atoms with Crippen molar-refractivity contribution < 1.29 is 22.5 Å². The van der Waals surface area contributed by atoms with Crippen LogP contribution < -0.4 is 4.72 Å². The van der Waals surface area contributed by atoms with Crippen molar-refractivity contribution in [3.63, 3.8) is 0 Å². The molecule has 0 unspecified atom stereocenters. The minimum absolute atomic E-state index is 0.00740. The van der Waals surface area contributed by atoms with Gasteiger partial charge in [0, 0.05) is 6.07 Å². The highest BCUT2D eigenvalue weighted by Gasteiger charge is 2.19. The van der Waals surface area contributed by atoms with Gasteiger partial charge in [-0.15, -0.1) is 11.3 Å². The van der Waals surface area contributed by atoms with E-state index in [1.165, 1.54) is 30.5 Å². The maximum atomic E-state index is 12.2. The van der Waals surface area contributed by atoms with Gasteiger partial charge in [-0.2, -0.15) is 0 Å². The molecule has 0 amide bonds. The number of thiophene rings is 1. The highest BCUT2D eigenvalue weighted by Crippen LogP contribution is 2.26. The standard InChI is InChI=1S/C16H13ClN2O5S2/c1-18-26(21,22)15-7-10(4-5-12(15)17)16(20)23-9-11-8-13(24-19-11)14-3-2-6-25-14/h2-8,18H,9H2,1H3. The number of ether oxygens (including phenoxy) is 1. The number of aromatic nitrogens is 1. The Balaban J connectivity index is 1.72. The van der Waals surface area contributed by atoms with Crippen LogP contribution in [0.4, 0.5) is 0 Å². The first kappa shape index (κ1) is 18.6. The van der Waals surface area contributed by atoms with Crippen molar-refractivity contribution in [2.45, 2.75) is 11.5 Å². The Labute approximate surface area is 158 Å². The van der Waals surface area contributed by atoms with E-state index in [0.29, 0.717) is 11.5 Å². The molecule has 3 aromatic rings. The number of carbonyl (C=O) groups excluding carboxylic acids is 1. The van der Waals surface area contributed by atoms with E-state index in [4.69, 9.17) is 20.9 Å². The summed E-state index contributed by atoms with van der Waals surface area (Å²) in [5.41, 5.74) is 0.504. The van der Waals surface area contributed by atoms with Gasteiger partial charge in [0.15, 0.2) is 5.76 Å². The van der Waals surface area contributed by atoms with Gasteiger partial charge in [0.05, 0.1) is 15.5 Å². The van der Waals surface area contributed by atoms with Crippen molar-refractivity contribution in [1.82, 2.24) is 9.88 Å². The van der Waals surface area contributed by atoms with Crippen molar-refractivity contribution in [3.8, 4) is 10.6 Å². The van der Waals surface area contributed by atoms with Gasteiger partial charge in [-0.25, -0.2) is 17.9 Å². The number of nitrogens with one attached hydrogen (secondary N) is 1. The smallest absolute Gasteiger partial charge is 0.338 e. The lowest BCUT2D eigenvalue weighted by Crippen LogP contribution is -2.19. The Morgan fingerprint density at radius 1 is 1.35 bits per heavy atom. The number of rotatable bonds is 6. The quantitative estimate of drug-likeness (QED) is 0.623. The zero-order valence-corrected chi connectivity index (χ0v) is 15.8. The summed E-state index contributed by atoms with van der Waals surface area (Å²) in [6.07, 6.45) is 0. The predicted octanol–water partition coefficient (Wildman–Crippen LogP) is 3.32. The SMILES string of the molecule is CNS(=O)(=O)c1cc(C(=O)OCc2cc(-c3cccs3)on2)ccc1Cl. The molecular weight excluding hydrogens is 400 g/mol. The van der Waals surface area contributed by atoms with Gasteiger partial charge in [-0.3, -0.25) is 0 Å². The summed E-state index contributed by atoms with van der Waals surface area (Å²) in [6.45, 7) is -0.107. The first-order valence-corrected chi connectivity index (χ1v) is 10.0. The monoisotopic (exact) mass is 412 g/mol. The van der Waals surface area contributed by atoms with Gasteiger partial charge in [0.2, 0.25) is 10.0 Å². The lowest BCUT2D eigenvalue weighted by molar-refractivity contribution is 0.0464. The predicted molar refractivity (Wildman–Crippen MR) is 96.6 cm³/mol. The molecule has 0 bridgehead atoms. The van der Waals surface area contributed by atoms with Crippen LogP contribution in [-0.2, 0) is 21.4 Å². The molecule has 0 spiro atoms. The molecule has 0 saturated carbocycles. The number of hydrogen-bond donors (Lipinski definition) is 1. The molecule has 1 N–H and O–H groups in total. The van der Waals surface area contributed by atoms with E-state index in [9.17, 15) is 13.2 Å². The van der Waals surface area contributed by atoms with Gasteiger partial charge in [-0.05, 0) is 36.7 Å². The van der Waals surface area contributed by atoms with Crippen LogP contribution in [0.15, 0.2) is 51.2 Å². The second-order valence-corrected chi connectivity index (χ2v) is 8.30. The van der Waals surface area contributed by atoms with Gasteiger partial charge in [0.25, 0.3) is 0 Å². The average Bonchev–Trinajstić information content (AvgIpc) is 3.31. The maximum absolute atomic E-state index is 12.2. The number of nitrogens with zero attached hydrogens (tertiary/aromatic N) is 1. The fourth-order valence-corrected chi connectivity index (χ4v) is 4.01. The third kappa shape index (κ3) is 3.96. The second-order valence-electron chi connectivity index (χ2n) is 5.09. The fourth-order valence-electron chi connectivity index (χ4n) is 2.08. The molecule has 1 aromatic carbocycles. The van der Waals surface area contributed by atoms with Crippen molar-refractivity contribution >= 4 is 38.9 Å². The number of benzene rings is 1. The van der Waals surface area contributed by atoms with Crippen LogP contribution in [0.2, 0.25) is 5.02 Å². The van der Waals surface area contributed by atoms with E-state index < -0.39 is 16.0 Å². The maximum Gasteiger partial charge on any atom is 0.338 e. The van der Waals surface area contributed by atoms with Gasteiger partial charge >= 0.3 is 5.97 Å². The summed E-state index contributed by atoms with van der Waals surface area (Å²) in [7, 11) is -2.53. The summed E-state index contributed by atoms with van der Waals surface area (Å²) >= 11 is 7.40. The lowest BCUT2D eigenvalue weighted by Gasteiger charge is -2.07. The Morgan fingerprint density at radius 3 is 2.85 bits per heavy atom.